The van der Waals surface area contributed by atoms with Crippen LogP contribution in [0.4, 0.5) is 18.0 Å². The number of alkyl halides is 3. The van der Waals surface area contributed by atoms with E-state index >= 15 is 0 Å². The number of nitrogens with one attached hydrogen (secondary N) is 2. The third kappa shape index (κ3) is 5.01. The SMILES string of the molecule is Cc1ccc(CNC(=O)NC(C)c2cccc(C(F)(F)F)c2)cc1. The highest BCUT2D eigenvalue weighted by molar-refractivity contribution is 5.74. The zero-order valence-corrected chi connectivity index (χ0v) is 13.4. The first-order chi connectivity index (χ1) is 11.3. The second kappa shape index (κ2) is 7.38. The van der Waals surface area contributed by atoms with Crippen molar-refractivity contribution >= 4 is 6.03 Å². The lowest BCUT2D eigenvalue weighted by Gasteiger charge is -2.17. The number of rotatable bonds is 4. The molecular weight excluding hydrogens is 317 g/mol. The van der Waals surface area contributed by atoms with Crippen molar-refractivity contribution in [2.24, 2.45) is 0 Å². The van der Waals surface area contributed by atoms with E-state index in [1.54, 1.807) is 13.0 Å². The quantitative estimate of drug-likeness (QED) is 0.843. The molecule has 128 valence electrons. The van der Waals surface area contributed by atoms with Crippen LogP contribution in [0.3, 0.4) is 0 Å². The molecule has 0 saturated heterocycles. The van der Waals surface area contributed by atoms with Gasteiger partial charge in [0.1, 0.15) is 0 Å². The van der Waals surface area contributed by atoms with Crippen molar-refractivity contribution in [3.63, 3.8) is 0 Å². The van der Waals surface area contributed by atoms with Crippen LogP contribution in [0, 0.1) is 6.92 Å². The first-order valence-electron chi connectivity index (χ1n) is 7.53. The van der Waals surface area contributed by atoms with Crippen molar-refractivity contribution in [2.75, 3.05) is 0 Å². The average Bonchev–Trinajstić information content (AvgIpc) is 2.53. The Morgan fingerprint density at radius 2 is 1.79 bits per heavy atom. The second-order valence-corrected chi connectivity index (χ2v) is 5.66. The molecule has 0 aliphatic heterocycles. The number of aryl methyl sites for hydroxylation is 1. The van der Waals surface area contributed by atoms with E-state index in [1.807, 2.05) is 31.2 Å². The van der Waals surface area contributed by atoms with Crippen LogP contribution >= 0.6 is 0 Å². The molecule has 3 nitrogen and oxygen atoms in total. The van der Waals surface area contributed by atoms with E-state index in [1.165, 1.54) is 6.07 Å². The van der Waals surface area contributed by atoms with Gasteiger partial charge in [-0.15, -0.1) is 0 Å². The molecule has 0 bridgehead atoms. The summed E-state index contributed by atoms with van der Waals surface area (Å²) in [5, 5.41) is 5.33. The smallest absolute Gasteiger partial charge is 0.334 e. The fraction of sp³-hybridized carbons (Fsp3) is 0.278. The van der Waals surface area contributed by atoms with Gasteiger partial charge in [0.25, 0.3) is 0 Å². The summed E-state index contributed by atoms with van der Waals surface area (Å²) in [6.45, 7) is 3.96. The van der Waals surface area contributed by atoms with Gasteiger partial charge in [0.15, 0.2) is 0 Å². The zero-order chi connectivity index (χ0) is 17.7. The molecule has 24 heavy (non-hydrogen) atoms. The molecule has 2 aromatic rings. The summed E-state index contributed by atoms with van der Waals surface area (Å²) in [5.41, 5.74) is 1.74. The Morgan fingerprint density at radius 1 is 1.12 bits per heavy atom. The summed E-state index contributed by atoms with van der Waals surface area (Å²) in [7, 11) is 0. The highest BCUT2D eigenvalue weighted by Crippen LogP contribution is 2.30. The molecule has 0 radical (unpaired) electrons. The van der Waals surface area contributed by atoms with Crippen LogP contribution in [-0.2, 0) is 12.7 Å². The Bertz CT molecular complexity index is 696. The molecular formula is C18H19F3N2O. The number of hydrogen-bond acceptors (Lipinski definition) is 1. The normalized spacial score (nSPS) is 12.5. The number of halogens is 3. The molecule has 2 N–H and O–H groups in total. The molecule has 0 aliphatic carbocycles. The minimum absolute atomic E-state index is 0.349. The molecule has 2 amide bonds. The van der Waals surface area contributed by atoms with E-state index in [2.05, 4.69) is 10.6 Å². The fourth-order valence-corrected chi connectivity index (χ4v) is 2.20. The minimum atomic E-state index is -4.40. The Labute approximate surface area is 138 Å². The van der Waals surface area contributed by atoms with Crippen molar-refractivity contribution in [3.05, 3.63) is 70.8 Å². The van der Waals surface area contributed by atoms with E-state index in [0.717, 1.165) is 23.3 Å². The van der Waals surface area contributed by atoms with E-state index in [4.69, 9.17) is 0 Å². The summed E-state index contributed by atoms with van der Waals surface area (Å²) in [5.74, 6) is 0. The Hall–Kier alpha value is -2.50. The summed E-state index contributed by atoms with van der Waals surface area (Å²) < 4.78 is 38.2. The van der Waals surface area contributed by atoms with Gasteiger partial charge in [-0.25, -0.2) is 4.79 Å². The first kappa shape index (κ1) is 17.8. The van der Waals surface area contributed by atoms with Gasteiger partial charge in [-0.3, -0.25) is 0 Å². The zero-order valence-electron chi connectivity index (χ0n) is 13.4. The van der Waals surface area contributed by atoms with Gasteiger partial charge in [-0.2, -0.15) is 13.2 Å². The molecule has 0 aromatic heterocycles. The Balaban J connectivity index is 1.92. The van der Waals surface area contributed by atoms with Crippen LogP contribution in [0.5, 0.6) is 0 Å². The van der Waals surface area contributed by atoms with Gasteiger partial charge in [0.2, 0.25) is 0 Å². The molecule has 0 fully saturated rings. The molecule has 6 heteroatoms. The van der Waals surface area contributed by atoms with Crippen molar-refractivity contribution in [1.29, 1.82) is 0 Å². The maximum absolute atomic E-state index is 12.7. The fourth-order valence-electron chi connectivity index (χ4n) is 2.20. The molecule has 1 atom stereocenters. The number of carbonyl (C=O) groups is 1. The van der Waals surface area contributed by atoms with Crippen LogP contribution in [0.2, 0.25) is 0 Å². The molecule has 0 saturated carbocycles. The highest BCUT2D eigenvalue weighted by Gasteiger charge is 2.30. The van der Waals surface area contributed by atoms with Crippen LogP contribution in [0.1, 0.15) is 35.2 Å². The van der Waals surface area contributed by atoms with Crippen molar-refractivity contribution in [2.45, 2.75) is 32.6 Å². The van der Waals surface area contributed by atoms with Crippen LogP contribution in [-0.4, -0.2) is 6.03 Å². The first-order valence-corrected chi connectivity index (χ1v) is 7.53. The number of hydrogen-bond donors (Lipinski definition) is 2. The average molecular weight is 336 g/mol. The third-order valence-corrected chi connectivity index (χ3v) is 3.64. The minimum Gasteiger partial charge on any atom is -0.334 e. The lowest BCUT2D eigenvalue weighted by atomic mass is 10.1. The standard InChI is InChI=1S/C18H19F3N2O/c1-12-6-8-14(9-7-12)11-22-17(24)23-13(2)15-4-3-5-16(10-15)18(19,20)21/h3-10,13H,11H2,1-2H3,(H2,22,23,24). The predicted molar refractivity (Wildman–Crippen MR) is 86.4 cm³/mol. The predicted octanol–water partition coefficient (Wildman–Crippen LogP) is 4.57. The van der Waals surface area contributed by atoms with Crippen LogP contribution < -0.4 is 10.6 Å². The molecule has 2 rings (SSSR count). The van der Waals surface area contributed by atoms with Crippen molar-refractivity contribution in [1.82, 2.24) is 10.6 Å². The highest BCUT2D eigenvalue weighted by atomic mass is 19.4. The maximum atomic E-state index is 12.7. The Kier molecular flexibility index (Phi) is 5.49. The lowest BCUT2D eigenvalue weighted by Crippen LogP contribution is -2.36. The number of benzene rings is 2. The van der Waals surface area contributed by atoms with Gasteiger partial charge < -0.3 is 10.6 Å². The molecule has 1 unspecified atom stereocenters. The number of carbonyl (C=O) groups excluding carboxylic acids is 1. The number of amides is 2. The van der Waals surface area contributed by atoms with Gasteiger partial charge in [0.05, 0.1) is 11.6 Å². The monoisotopic (exact) mass is 336 g/mol. The van der Waals surface area contributed by atoms with Gasteiger partial charge >= 0.3 is 12.2 Å². The van der Waals surface area contributed by atoms with Gasteiger partial charge in [0, 0.05) is 6.54 Å². The van der Waals surface area contributed by atoms with Gasteiger partial charge in [-0.1, -0.05) is 42.0 Å². The maximum Gasteiger partial charge on any atom is 0.416 e. The number of urea groups is 1. The van der Waals surface area contributed by atoms with Crippen molar-refractivity contribution < 1.29 is 18.0 Å². The largest absolute Gasteiger partial charge is 0.416 e. The van der Waals surface area contributed by atoms with E-state index in [9.17, 15) is 18.0 Å². The van der Waals surface area contributed by atoms with Crippen LogP contribution in [0.25, 0.3) is 0 Å². The Morgan fingerprint density at radius 3 is 2.42 bits per heavy atom. The van der Waals surface area contributed by atoms with E-state index < -0.39 is 23.8 Å². The van der Waals surface area contributed by atoms with E-state index in [0.29, 0.717) is 12.1 Å². The third-order valence-electron chi connectivity index (χ3n) is 3.64. The lowest BCUT2D eigenvalue weighted by molar-refractivity contribution is -0.137. The van der Waals surface area contributed by atoms with E-state index in [-0.39, 0.29) is 0 Å². The molecule has 0 spiro atoms. The van der Waals surface area contributed by atoms with Gasteiger partial charge in [-0.05, 0) is 37.1 Å². The molecule has 0 aliphatic rings. The van der Waals surface area contributed by atoms with Crippen molar-refractivity contribution in [3.8, 4) is 0 Å². The molecule has 0 heterocycles. The summed E-state index contributed by atoms with van der Waals surface area (Å²) in [6, 6.07) is 11.7. The summed E-state index contributed by atoms with van der Waals surface area (Å²) in [4.78, 5) is 11.9. The summed E-state index contributed by atoms with van der Waals surface area (Å²) in [6.07, 6.45) is -4.40. The summed E-state index contributed by atoms with van der Waals surface area (Å²) >= 11 is 0. The topological polar surface area (TPSA) is 41.1 Å². The second-order valence-electron chi connectivity index (χ2n) is 5.66. The molecule has 2 aromatic carbocycles. The van der Waals surface area contributed by atoms with Crippen LogP contribution in [0.15, 0.2) is 48.5 Å².